The molecule has 0 bridgehead atoms. The fourth-order valence-corrected chi connectivity index (χ4v) is 3.54. The third-order valence-electron chi connectivity index (χ3n) is 2.14. The zero-order chi connectivity index (χ0) is 10.8. The van der Waals surface area contributed by atoms with Gasteiger partial charge in [-0.05, 0) is 62.3 Å². The monoisotopic (exact) mass is 393 g/mol. The summed E-state index contributed by atoms with van der Waals surface area (Å²) in [5, 5.41) is 0. The second-order valence-electron chi connectivity index (χ2n) is 3.14. The van der Waals surface area contributed by atoms with Crippen molar-refractivity contribution in [1.29, 1.82) is 0 Å². The average Bonchev–Trinajstić information content (AvgIpc) is 2.65. The molecule has 0 aliphatic carbocycles. The highest BCUT2D eigenvalue weighted by Crippen LogP contribution is 2.31. The minimum atomic E-state index is -0.0191. The first-order chi connectivity index (χ1) is 7.18. The SMILES string of the molecule is NC(c1ccc(Br)s1)c1ccccc1I. The van der Waals surface area contributed by atoms with E-state index in [1.807, 2.05) is 18.2 Å². The zero-order valence-electron chi connectivity index (χ0n) is 7.78. The Morgan fingerprint density at radius 1 is 1.20 bits per heavy atom. The van der Waals surface area contributed by atoms with Gasteiger partial charge in [-0.2, -0.15) is 0 Å². The van der Waals surface area contributed by atoms with Crippen molar-refractivity contribution in [3.8, 4) is 0 Å². The number of nitrogens with two attached hydrogens (primary N) is 1. The first-order valence-electron chi connectivity index (χ1n) is 4.43. The maximum atomic E-state index is 6.22. The number of hydrogen-bond donors (Lipinski definition) is 1. The van der Waals surface area contributed by atoms with Crippen LogP contribution in [0.15, 0.2) is 40.2 Å². The van der Waals surface area contributed by atoms with Crippen LogP contribution in [0.2, 0.25) is 0 Å². The van der Waals surface area contributed by atoms with E-state index in [0.29, 0.717) is 0 Å². The van der Waals surface area contributed by atoms with Crippen LogP contribution in [0.25, 0.3) is 0 Å². The van der Waals surface area contributed by atoms with Crippen molar-refractivity contribution in [2.45, 2.75) is 6.04 Å². The van der Waals surface area contributed by atoms with Gasteiger partial charge in [-0.1, -0.05) is 18.2 Å². The highest BCUT2D eigenvalue weighted by Gasteiger charge is 2.13. The van der Waals surface area contributed by atoms with E-state index in [0.717, 1.165) is 3.79 Å². The third-order valence-corrected chi connectivity index (χ3v) is 4.83. The van der Waals surface area contributed by atoms with Gasteiger partial charge in [0.1, 0.15) is 0 Å². The van der Waals surface area contributed by atoms with Crippen molar-refractivity contribution >= 4 is 49.9 Å². The van der Waals surface area contributed by atoms with Crippen LogP contribution in [-0.4, -0.2) is 0 Å². The molecule has 1 unspecified atom stereocenters. The summed E-state index contributed by atoms with van der Waals surface area (Å²) in [6.45, 7) is 0. The Labute approximate surface area is 115 Å². The quantitative estimate of drug-likeness (QED) is 0.761. The highest BCUT2D eigenvalue weighted by atomic mass is 127. The van der Waals surface area contributed by atoms with Crippen LogP contribution in [0.1, 0.15) is 16.5 Å². The molecule has 0 fully saturated rings. The normalized spacial score (nSPS) is 12.7. The Hall–Kier alpha value is 0.0900. The van der Waals surface area contributed by atoms with Crippen LogP contribution in [0, 0.1) is 3.57 Å². The molecule has 0 spiro atoms. The molecule has 2 aromatic rings. The summed E-state index contributed by atoms with van der Waals surface area (Å²) >= 11 is 7.46. The van der Waals surface area contributed by atoms with E-state index >= 15 is 0 Å². The fourth-order valence-electron chi connectivity index (χ4n) is 1.38. The third kappa shape index (κ3) is 2.61. The molecule has 2 rings (SSSR count). The van der Waals surface area contributed by atoms with E-state index in [9.17, 15) is 0 Å². The van der Waals surface area contributed by atoms with Gasteiger partial charge in [-0.15, -0.1) is 11.3 Å². The summed E-state index contributed by atoms with van der Waals surface area (Å²) in [5.41, 5.74) is 7.40. The molecule has 1 aromatic carbocycles. The molecular weight excluding hydrogens is 385 g/mol. The van der Waals surface area contributed by atoms with Gasteiger partial charge in [0.2, 0.25) is 0 Å². The van der Waals surface area contributed by atoms with Crippen LogP contribution < -0.4 is 5.73 Å². The smallest absolute Gasteiger partial charge is 0.0702 e. The van der Waals surface area contributed by atoms with E-state index in [-0.39, 0.29) is 6.04 Å². The molecule has 0 amide bonds. The van der Waals surface area contributed by atoms with E-state index in [4.69, 9.17) is 5.73 Å². The Morgan fingerprint density at radius 2 is 1.93 bits per heavy atom. The summed E-state index contributed by atoms with van der Waals surface area (Å²) in [6, 6.07) is 12.3. The molecule has 1 nitrogen and oxygen atoms in total. The van der Waals surface area contributed by atoms with Gasteiger partial charge in [-0.3, -0.25) is 0 Å². The summed E-state index contributed by atoms with van der Waals surface area (Å²) in [5.74, 6) is 0. The van der Waals surface area contributed by atoms with Gasteiger partial charge < -0.3 is 5.73 Å². The molecule has 1 atom stereocenters. The molecule has 0 aliphatic heterocycles. The van der Waals surface area contributed by atoms with Crippen LogP contribution >= 0.6 is 49.9 Å². The molecule has 0 saturated carbocycles. The number of thiophene rings is 1. The average molecular weight is 394 g/mol. The fraction of sp³-hybridized carbons (Fsp3) is 0.0909. The number of halogens is 2. The Morgan fingerprint density at radius 3 is 2.53 bits per heavy atom. The lowest BCUT2D eigenvalue weighted by atomic mass is 10.1. The predicted octanol–water partition coefficient (Wildman–Crippen LogP) is 4.16. The van der Waals surface area contributed by atoms with Crippen LogP contribution in [0.4, 0.5) is 0 Å². The van der Waals surface area contributed by atoms with Gasteiger partial charge >= 0.3 is 0 Å². The van der Waals surface area contributed by atoms with Crippen LogP contribution in [0.5, 0.6) is 0 Å². The first kappa shape index (κ1) is 11.6. The molecular formula is C11H9BrINS. The zero-order valence-corrected chi connectivity index (χ0v) is 12.3. The van der Waals surface area contributed by atoms with E-state index in [1.54, 1.807) is 11.3 Å². The lowest BCUT2D eigenvalue weighted by Gasteiger charge is -2.11. The number of benzene rings is 1. The summed E-state index contributed by atoms with van der Waals surface area (Å²) in [6.07, 6.45) is 0. The molecule has 0 saturated heterocycles. The lowest BCUT2D eigenvalue weighted by Crippen LogP contribution is -2.11. The molecule has 1 heterocycles. The van der Waals surface area contributed by atoms with Gasteiger partial charge in [0.25, 0.3) is 0 Å². The molecule has 0 radical (unpaired) electrons. The predicted molar refractivity (Wildman–Crippen MR) is 77.2 cm³/mol. The molecule has 2 N–H and O–H groups in total. The minimum Gasteiger partial charge on any atom is -0.320 e. The Kier molecular flexibility index (Phi) is 3.82. The van der Waals surface area contributed by atoms with E-state index in [1.165, 1.54) is 14.0 Å². The van der Waals surface area contributed by atoms with Crippen LogP contribution in [0.3, 0.4) is 0 Å². The molecule has 4 heteroatoms. The van der Waals surface area contributed by atoms with Crippen molar-refractivity contribution < 1.29 is 0 Å². The molecule has 1 aromatic heterocycles. The highest BCUT2D eigenvalue weighted by molar-refractivity contribution is 14.1. The minimum absolute atomic E-state index is 0.0191. The second kappa shape index (κ2) is 4.95. The van der Waals surface area contributed by atoms with Crippen molar-refractivity contribution in [1.82, 2.24) is 0 Å². The standard InChI is InChI=1S/C11H9BrINS/c12-10-6-5-9(15-10)11(14)7-3-1-2-4-8(7)13/h1-6,11H,14H2. The Bertz CT molecular complexity index is 469. The van der Waals surface area contributed by atoms with Gasteiger partial charge in [0.15, 0.2) is 0 Å². The summed E-state index contributed by atoms with van der Waals surface area (Å²) in [4.78, 5) is 1.19. The Balaban J connectivity index is 2.36. The molecule has 15 heavy (non-hydrogen) atoms. The lowest BCUT2D eigenvalue weighted by molar-refractivity contribution is 0.887. The van der Waals surface area contributed by atoms with Gasteiger partial charge in [0, 0.05) is 8.45 Å². The first-order valence-corrected chi connectivity index (χ1v) is 7.12. The van der Waals surface area contributed by atoms with E-state index in [2.05, 4.69) is 56.7 Å². The van der Waals surface area contributed by atoms with Gasteiger partial charge in [-0.25, -0.2) is 0 Å². The number of rotatable bonds is 2. The van der Waals surface area contributed by atoms with Crippen molar-refractivity contribution in [3.63, 3.8) is 0 Å². The topological polar surface area (TPSA) is 26.0 Å². The maximum absolute atomic E-state index is 6.22. The van der Waals surface area contributed by atoms with Crippen molar-refractivity contribution in [2.75, 3.05) is 0 Å². The summed E-state index contributed by atoms with van der Waals surface area (Å²) < 4.78 is 2.34. The number of hydrogen-bond acceptors (Lipinski definition) is 2. The van der Waals surface area contributed by atoms with Crippen LogP contribution in [-0.2, 0) is 0 Å². The molecule has 0 aliphatic rings. The maximum Gasteiger partial charge on any atom is 0.0702 e. The van der Waals surface area contributed by atoms with Crippen molar-refractivity contribution in [3.05, 3.63) is 54.2 Å². The van der Waals surface area contributed by atoms with E-state index < -0.39 is 0 Å². The van der Waals surface area contributed by atoms with Gasteiger partial charge in [0.05, 0.1) is 9.83 Å². The van der Waals surface area contributed by atoms with Crippen molar-refractivity contribution in [2.24, 2.45) is 5.73 Å². The molecule has 78 valence electrons. The largest absolute Gasteiger partial charge is 0.320 e. The second-order valence-corrected chi connectivity index (χ2v) is 6.80. The summed E-state index contributed by atoms with van der Waals surface area (Å²) in [7, 11) is 0.